The predicted octanol–water partition coefficient (Wildman–Crippen LogP) is 4.20. The molecule has 3 aliphatic carbocycles. The molecule has 0 aliphatic heterocycles. The number of hydrogen-bond donors (Lipinski definition) is 1. The Bertz CT molecular complexity index is 628. The summed E-state index contributed by atoms with van der Waals surface area (Å²) in [5, 5.41) is 9.81. The van der Waals surface area contributed by atoms with Crippen molar-refractivity contribution in [1.82, 2.24) is 4.90 Å². The summed E-state index contributed by atoms with van der Waals surface area (Å²) in [5.41, 5.74) is 3.27. The van der Waals surface area contributed by atoms with Crippen molar-refractivity contribution in [3.05, 3.63) is 29.3 Å². The average molecular weight is 344 g/mol. The Morgan fingerprint density at radius 3 is 2.84 bits per heavy atom. The number of hydrogen-bond acceptors (Lipinski definition) is 3. The first-order valence-electron chi connectivity index (χ1n) is 10.1. The molecule has 3 nitrogen and oxygen atoms in total. The molecule has 3 heteroatoms. The van der Waals surface area contributed by atoms with Gasteiger partial charge in [0.1, 0.15) is 5.75 Å². The first-order valence-corrected chi connectivity index (χ1v) is 10.1. The van der Waals surface area contributed by atoms with Crippen molar-refractivity contribution in [2.75, 3.05) is 27.2 Å². The molecule has 3 aliphatic rings. The SMILES string of the molecule is CN(C)CCOC1CC[C@H]2[C@@H]3CCc4cc(O)ccc4[C@H]3CC[C@]12C. The zero-order valence-electron chi connectivity index (χ0n) is 16.0. The van der Waals surface area contributed by atoms with Crippen LogP contribution in [0.25, 0.3) is 0 Å². The van der Waals surface area contributed by atoms with E-state index in [-0.39, 0.29) is 0 Å². The predicted molar refractivity (Wildman–Crippen MR) is 101 cm³/mol. The highest BCUT2D eigenvalue weighted by molar-refractivity contribution is 5.40. The zero-order valence-corrected chi connectivity index (χ0v) is 16.0. The molecule has 1 unspecified atom stereocenters. The van der Waals surface area contributed by atoms with E-state index in [1.807, 2.05) is 12.1 Å². The van der Waals surface area contributed by atoms with Crippen LogP contribution in [0.4, 0.5) is 0 Å². The number of phenols is 1. The largest absolute Gasteiger partial charge is 0.508 e. The number of ether oxygens (including phenoxy) is 1. The Labute approximate surface area is 152 Å². The smallest absolute Gasteiger partial charge is 0.115 e. The molecular weight excluding hydrogens is 310 g/mol. The number of likely N-dealkylation sites (N-methyl/N-ethyl adjacent to an activating group) is 1. The molecule has 0 bridgehead atoms. The van der Waals surface area contributed by atoms with Crippen LogP contribution in [0.3, 0.4) is 0 Å². The Kier molecular flexibility index (Phi) is 4.57. The molecule has 0 saturated heterocycles. The van der Waals surface area contributed by atoms with Gasteiger partial charge in [-0.2, -0.15) is 0 Å². The fourth-order valence-electron chi connectivity index (χ4n) is 6.17. The van der Waals surface area contributed by atoms with Crippen molar-refractivity contribution in [1.29, 1.82) is 0 Å². The van der Waals surface area contributed by atoms with E-state index in [1.54, 1.807) is 0 Å². The molecular formula is C22H33NO2. The van der Waals surface area contributed by atoms with Crippen molar-refractivity contribution in [2.24, 2.45) is 17.3 Å². The molecule has 0 amide bonds. The summed E-state index contributed by atoms with van der Waals surface area (Å²) in [6, 6.07) is 6.09. The molecule has 25 heavy (non-hydrogen) atoms. The van der Waals surface area contributed by atoms with E-state index in [0.29, 0.717) is 23.2 Å². The van der Waals surface area contributed by atoms with E-state index >= 15 is 0 Å². The Balaban J connectivity index is 1.51. The normalized spacial score (nSPS) is 36.8. The summed E-state index contributed by atoms with van der Waals surface area (Å²) < 4.78 is 6.38. The maximum atomic E-state index is 9.81. The van der Waals surface area contributed by atoms with Gasteiger partial charge in [0.15, 0.2) is 0 Å². The first kappa shape index (κ1) is 17.4. The van der Waals surface area contributed by atoms with Gasteiger partial charge in [0.05, 0.1) is 12.7 Å². The van der Waals surface area contributed by atoms with Crippen molar-refractivity contribution in [2.45, 2.75) is 57.5 Å². The van der Waals surface area contributed by atoms with Gasteiger partial charge < -0.3 is 14.7 Å². The molecule has 0 radical (unpaired) electrons. The molecule has 1 aromatic rings. The fourth-order valence-corrected chi connectivity index (χ4v) is 6.17. The lowest BCUT2D eigenvalue weighted by Crippen LogP contribution is -2.45. The molecule has 1 N–H and O–H groups in total. The van der Waals surface area contributed by atoms with E-state index in [2.05, 4.69) is 32.0 Å². The van der Waals surface area contributed by atoms with Gasteiger partial charge in [-0.3, -0.25) is 0 Å². The number of rotatable bonds is 4. The second-order valence-electron chi connectivity index (χ2n) is 9.08. The summed E-state index contributed by atoms with van der Waals surface area (Å²) >= 11 is 0. The van der Waals surface area contributed by atoms with Gasteiger partial charge in [-0.05, 0) is 99.0 Å². The fraction of sp³-hybridized carbons (Fsp3) is 0.727. The van der Waals surface area contributed by atoms with Crippen LogP contribution in [0, 0.1) is 17.3 Å². The number of phenolic OH excluding ortho intramolecular Hbond substituents is 1. The van der Waals surface area contributed by atoms with Crippen LogP contribution in [0.15, 0.2) is 18.2 Å². The zero-order chi connectivity index (χ0) is 17.6. The maximum Gasteiger partial charge on any atom is 0.115 e. The number of aromatic hydroxyl groups is 1. The lowest BCUT2D eigenvalue weighted by molar-refractivity contribution is -0.0661. The Hall–Kier alpha value is -1.06. The minimum absolute atomic E-state index is 0.363. The lowest BCUT2D eigenvalue weighted by Gasteiger charge is -2.50. The van der Waals surface area contributed by atoms with E-state index < -0.39 is 0 Å². The second-order valence-corrected chi connectivity index (χ2v) is 9.08. The molecule has 0 heterocycles. The maximum absolute atomic E-state index is 9.81. The third kappa shape index (κ3) is 3.00. The monoisotopic (exact) mass is 343 g/mol. The molecule has 0 aromatic heterocycles. The quantitative estimate of drug-likeness (QED) is 0.889. The lowest BCUT2D eigenvalue weighted by atomic mass is 9.55. The standard InChI is InChI=1S/C22H33NO2/c1-22-11-10-18-17-7-5-16(24)14-15(17)4-6-19(18)20(22)8-9-21(22)25-13-12-23(2)3/h5,7,14,18-21,24H,4,6,8-13H2,1-3H3/t18-,19-,20+,21?,22+/m1/s1. The van der Waals surface area contributed by atoms with Crippen molar-refractivity contribution >= 4 is 0 Å². The van der Waals surface area contributed by atoms with Gasteiger partial charge in [0, 0.05) is 6.54 Å². The second kappa shape index (κ2) is 6.59. The van der Waals surface area contributed by atoms with E-state index in [4.69, 9.17) is 4.74 Å². The highest BCUT2D eigenvalue weighted by Crippen LogP contribution is 2.61. The summed E-state index contributed by atoms with van der Waals surface area (Å²) in [7, 11) is 4.23. The molecule has 5 atom stereocenters. The summed E-state index contributed by atoms with van der Waals surface area (Å²) in [4.78, 5) is 2.21. The summed E-state index contributed by atoms with van der Waals surface area (Å²) in [6.07, 6.45) is 7.99. The van der Waals surface area contributed by atoms with Crippen LogP contribution in [-0.4, -0.2) is 43.4 Å². The Morgan fingerprint density at radius 1 is 1.20 bits per heavy atom. The average Bonchev–Trinajstić information content (AvgIpc) is 2.91. The molecule has 0 spiro atoms. The van der Waals surface area contributed by atoms with Gasteiger partial charge >= 0.3 is 0 Å². The minimum atomic E-state index is 0.363. The molecule has 2 fully saturated rings. The van der Waals surface area contributed by atoms with Gasteiger partial charge in [-0.25, -0.2) is 0 Å². The number of benzene rings is 1. The van der Waals surface area contributed by atoms with E-state index in [9.17, 15) is 5.11 Å². The van der Waals surface area contributed by atoms with E-state index in [0.717, 1.165) is 31.4 Å². The summed E-state index contributed by atoms with van der Waals surface area (Å²) in [5.74, 6) is 2.73. The third-order valence-electron chi connectivity index (χ3n) is 7.48. The molecule has 4 rings (SSSR count). The van der Waals surface area contributed by atoms with Crippen LogP contribution in [0.5, 0.6) is 5.75 Å². The third-order valence-corrected chi connectivity index (χ3v) is 7.48. The van der Waals surface area contributed by atoms with Crippen molar-refractivity contribution in [3.63, 3.8) is 0 Å². The molecule has 138 valence electrons. The van der Waals surface area contributed by atoms with Crippen LogP contribution in [0.1, 0.15) is 56.1 Å². The summed E-state index contributed by atoms with van der Waals surface area (Å²) in [6.45, 7) is 4.38. The van der Waals surface area contributed by atoms with Crippen molar-refractivity contribution < 1.29 is 9.84 Å². The first-order chi connectivity index (χ1) is 12.0. The van der Waals surface area contributed by atoms with Gasteiger partial charge in [-0.15, -0.1) is 0 Å². The number of nitrogens with zero attached hydrogens (tertiary/aromatic N) is 1. The highest BCUT2D eigenvalue weighted by atomic mass is 16.5. The minimum Gasteiger partial charge on any atom is -0.508 e. The number of aryl methyl sites for hydroxylation is 1. The Morgan fingerprint density at radius 2 is 2.04 bits per heavy atom. The van der Waals surface area contributed by atoms with Gasteiger partial charge in [-0.1, -0.05) is 13.0 Å². The van der Waals surface area contributed by atoms with Gasteiger partial charge in [0.25, 0.3) is 0 Å². The van der Waals surface area contributed by atoms with E-state index in [1.165, 1.54) is 43.2 Å². The van der Waals surface area contributed by atoms with Crippen LogP contribution in [-0.2, 0) is 11.2 Å². The van der Waals surface area contributed by atoms with Crippen LogP contribution >= 0.6 is 0 Å². The van der Waals surface area contributed by atoms with Crippen LogP contribution < -0.4 is 0 Å². The van der Waals surface area contributed by atoms with Crippen molar-refractivity contribution in [3.8, 4) is 5.75 Å². The highest BCUT2D eigenvalue weighted by Gasteiger charge is 2.55. The van der Waals surface area contributed by atoms with Crippen LogP contribution in [0.2, 0.25) is 0 Å². The van der Waals surface area contributed by atoms with Gasteiger partial charge in [0.2, 0.25) is 0 Å². The molecule has 1 aromatic carbocycles. The molecule has 2 saturated carbocycles. The topological polar surface area (TPSA) is 32.7 Å². The number of fused-ring (bicyclic) bond motifs is 5.